The second-order valence-corrected chi connectivity index (χ2v) is 5.57. The second kappa shape index (κ2) is 5.80. The summed E-state index contributed by atoms with van der Waals surface area (Å²) < 4.78 is 1.49. The van der Waals surface area contributed by atoms with E-state index in [2.05, 4.69) is 5.10 Å². The Morgan fingerprint density at radius 1 is 1.08 bits per heavy atom. The fourth-order valence-electron chi connectivity index (χ4n) is 2.63. The predicted molar refractivity (Wildman–Crippen MR) is 85.6 cm³/mol. The molecule has 1 N–H and O–H groups in total. The summed E-state index contributed by atoms with van der Waals surface area (Å²) in [5.74, 6) is -2.16. The molecule has 24 heavy (non-hydrogen) atoms. The Labute approximate surface area is 137 Å². The molecule has 1 saturated heterocycles. The molecule has 0 unspecified atom stereocenters. The van der Waals surface area contributed by atoms with Gasteiger partial charge in [-0.05, 0) is 23.8 Å². The minimum Gasteiger partial charge on any atom is -0.476 e. The molecule has 0 atom stereocenters. The van der Waals surface area contributed by atoms with Gasteiger partial charge in [0.2, 0.25) is 0 Å². The molecule has 124 valence electrons. The number of aromatic carboxylic acids is 1. The number of hydrogen-bond acceptors (Lipinski definition) is 4. The maximum absolute atomic E-state index is 12.1. The lowest BCUT2D eigenvalue weighted by Gasteiger charge is -2.31. The molecule has 1 aromatic heterocycles. The maximum Gasteiger partial charge on any atom is 0.356 e. The van der Waals surface area contributed by atoms with E-state index in [0.29, 0.717) is 24.5 Å². The zero-order valence-electron chi connectivity index (χ0n) is 13.3. The molecule has 2 amide bonds. The van der Waals surface area contributed by atoms with E-state index in [1.165, 1.54) is 20.5 Å². The molecule has 0 radical (unpaired) electrons. The summed E-state index contributed by atoms with van der Waals surface area (Å²) >= 11 is 0. The van der Waals surface area contributed by atoms with Crippen molar-refractivity contribution in [1.29, 1.82) is 0 Å². The van der Waals surface area contributed by atoms with Crippen molar-refractivity contribution in [2.24, 2.45) is 7.05 Å². The molecule has 0 saturated carbocycles. The molecule has 1 aliphatic rings. The molecule has 0 aliphatic carbocycles. The van der Waals surface area contributed by atoms with Crippen LogP contribution in [0.1, 0.15) is 10.5 Å². The normalized spacial score (nSPS) is 15.1. The van der Waals surface area contributed by atoms with Gasteiger partial charge in [0.1, 0.15) is 0 Å². The van der Waals surface area contributed by atoms with E-state index in [1.54, 1.807) is 38.4 Å². The van der Waals surface area contributed by atoms with Gasteiger partial charge in [-0.15, -0.1) is 0 Å². The van der Waals surface area contributed by atoms with Crippen molar-refractivity contribution < 1.29 is 19.5 Å². The van der Waals surface area contributed by atoms with Crippen LogP contribution >= 0.6 is 0 Å². The minimum atomic E-state index is -1.09. The van der Waals surface area contributed by atoms with Gasteiger partial charge < -0.3 is 14.9 Å². The zero-order chi connectivity index (χ0) is 17.4. The Kier molecular flexibility index (Phi) is 3.80. The number of likely N-dealkylation sites (N-methyl/N-ethyl adjacent to an activating group) is 1. The molecule has 8 nitrogen and oxygen atoms in total. The molecule has 3 rings (SSSR count). The average molecular weight is 328 g/mol. The number of benzene rings is 1. The number of anilines is 1. The van der Waals surface area contributed by atoms with E-state index in [1.807, 2.05) is 0 Å². The first-order valence-electron chi connectivity index (χ1n) is 7.33. The Morgan fingerprint density at radius 2 is 1.75 bits per heavy atom. The number of carboxylic acids is 1. The lowest BCUT2D eigenvalue weighted by Crippen LogP contribution is -2.52. The summed E-state index contributed by atoms with van der Waals surface area (Å²) in [5, 5.41) is 12.9. The van der Waals surface area contributed by atoms with Crippen molar-refractivity contribution in [2.75, 3.05) is 25.0 Å². The van der Waals surface area contributed by atoms with Crippen LogP contribution in [0, 0.1) is 0 Å². The quantitative estimate of drug-likeness (QED) is 0.832. The molecule has 1 aliphatic heterocycles. The van der Waals surface area contributed by atoms with Gasteiger partial charge >= 0.3 is 17.8 Å². The topological polar surface area (TPSA) is 95.7 Å². The van der Waals surface area contributed by atoms with E-state index >= 15 is 0 Å². The number of amides is 2. The van der Waals surface area contributed by atoms with Crippen molar-refractivity contribution in [2.45, 2.75) is 0 Å². The van der Waals surface area contributed by atoms with Gasteiger partial charge in [-0.3, -0.25) is 14.3 Å². The number of aromatic nitrogens is 2. The summed E-state index contributed by atoms with van der Waals surface area (Å²) in [4.78, 5) is 37.7. The summed E-state index contributed by atoms with van der Waals surface area (Å²) in [5.41, 5.74) is 2.02. The van der Waals surface area contributed by atoms with E-state index in [0.717, 1.165) is 5.56 Å². The second-order valence-electron chi connectivity index (χ2n) is 5.57. The van der Waals surface area contributed by atoms with Crippen LogP contribution in [-0.4, -0.2) is 57.7 Å². The largest absolute Gasteiger partial charge is 0.476 e. The summed E-state index contributed by atoms with van der Waals surface area (Å²) in [7, 11) is 3.27. The maximum atomic E-state index is 12.1. The van der Waals surface area contributed by atoms with Crippen LogP contribution in [0.15, 0.2) is 30.3 Å². The van der Waals surface area contributed by atoms with E-state index < -0.39 is 17.8 Å². The third-order valence-electron chi connectivity index (χ3n) is 4.01. The standard InChI is InChI=1S/C16H16N4O4/c1-18-7-8-20(15(22)14(18)21)11-5-3-10(4-6-11)13-9-12(16(23)24)17-19(13)2/h3-6,9H,7-8H2,1-2H3,(H,23,24). The number of rotatable bonds is 3. The lowest BCUT2D eigenvalue weighted by molar-refractivity contribution is -0.145. The van der Waals surface area contributed by atoms with E-state index in [-0.39, 0.29) is 5.69 Å². The van der Waals surface area contributed by atoms with Crippen LogP contribution in [0.25, 0.3) is 11.3 Å². The number of carbonyl (C=O) groups excluding carboxylic acids is 2. The SMILES string of the molecule is CN1CCN(c2ccc(-c3cc(C(=O)O)nn3C)cc2)C(=O)C1=O. The number of nitrogens with zero attached hydrogens (tertiary/aromatic N) is 4. The molecule has 1 aromatic carbocycles. The molecule has 8 heteroatoms. The van der Waals surface area contributed by atoms with Crippen LogP contribution in [-0.2, 0) is 16.6 Å². The van der Waals surface area contributed by atoms with Crippen molar-refractivity contribution in [3.05, 3.63) is 36.0 Å². The fraction of sp³-hybridized carbons (Fsp3) is 0.250. The Morgan fingerprint density at radius 3 is 2.33 bits per heavy atom. The first-order valence-corrected chi connectivity index (χ1v) is 7.33. The monoisotopic (exact) mass is 328 g/mol. The minimum absolute atomic E-state index is 0.0311. The Hall–Kier alpha value is -3.16. The highest BCUT2D eigenvalue weighted by molar-refractivity contribution is 6.40. The van der Waals surface area contributed by atoms with Gasteiger partial charge in [-0.2, -0.15) is 5.10 Å². The summed E-state index contributed by atoms with van der Waals surface area (Å²) in [6.45, 7) is 0.922. The van der Waals surface area contributed by atoms with Gasteiger partial charge in [0, 0.05) is 32.9 Å². The van der Waals surface area contributed by atoms with Gasteiger partial charge in [-0.25, -0.2) is 4.79 Å². The van der Waals surface area contributed by atoms with Gasteiger partial charge in [-0.1, -0.05) is 12.1 Å². The number of carbonyl (C=O) groups is 3. The molecule has 0 spiro atoms. The molecular formula is C16H16N4O4. The molecule has 1 fully saturated rings. The molecule has 2 heterocycles. The summed E-state index contributed by atoms with van der Waals surface area (Å²) in [6.07, 6.45) is 0. The number of carboxylic acid groups (broad SMARTS) is 1. The third-order valence-corrected chi connectivity index (χ3v) is 4.01. The lowest BCUT2D eigenvalue weighted by atomic mass is 10.1. The van der Waals surface area contributed by atoms with Gasteiger partial charge in [0.25, 0.3) is 0 Å². The Balaban J connectivity index is 1.87. The van der Waals surface area contributed by atoms with E-state index in [4.69, 9.17) is 5.11 Å². The van der Waals surface area contributed by atoms with Crippen molar-refractivity contribution in [1.82, 2.24) is 14.7 Å². The van der Waals surface area contributed by atoms with Crippen LogP contribution in [0.2, 0.25) is 0 Å². The smallest absolute Gasteiger partial charge is 0.356 e. The van der Waals surface area contributed by atoms with Crippen LogP contribution in [0.5, 0.6) is 0 Å². The van der Waals surface area contributed by atoms with Crippen LogP contribution in [0.4, 0.5) is 5.69 Å². The average Bonchev–Trinajstić information content (AvgIpc) is 2.95. The zero-order valence-corrected chi connectivity index (χ0v) is 13.3. The highest BCUT2D eigenvalue weighted by Gasteiger charge is 2.31. The van der Waals surface area contributed by atoms with Gasteiger partial charge in [0.05, 0.1) is 5.69 Å². The van der Waals surface area contributed by atoms with Crippen molar-refractivity contribution in [3.63, 3.8) is 0 Å². The summed E-state index contributed by atoms with van der Waals surface area (Å²) in [6, 6.07) is 8.50. The third kappa shape index (κ3) is 2.62. The van der Waals surface area contributed by atoms with Crippen molar-refractivity contribution >= 4 is 23.5 Å². The number of piperazine rings is 1. The molecule has 0 bridgehead atoms. The highest BCUT2D eigenvalue weighted by Crippen LogP contribution is 2.24. The first-order chi connectivity index (χ1) is 11.4. The predicted octanol–water partition coefficient (Wildman–Crippen LogP) is 0.590. The van der Waals surface area contributed by atoms with Crippen LogP contribution in [0.3, 0.4) is 0 Å². The first kappa shape index (κ1) is 15.7. The van der Waals surface area contributed by atoms with Crippen molar-refractivity contribution in [3.8, 4) is 11.3 Å². The van der Waals surface area contributed by atoms with E-state index in [9.17, 15) is 14.4 Å². The number of hydrogen-bond donors (Lipinski definition) is 1. The highest BCUT2D eigenvalue weighted by atomic mass is 16.4. The molecule has 2 aromatic rings. The molecular weight excluding hydrogens is 312 g/mol. The number of aryl methyl sites for hydroxylation is 1. The van der Waals surface area contributed by atoms with Gasteiger partial charge in [0.15, 0.2) is 5.69 Å². The van der Waals surface area contributed by atoms with Crippen LogP contribution < -0.4 is 4.90 Å². The Bertz CT molecular complexity index is 825. The fourth-order valence-corrected chi connectivity index (χ4v) is 2.63.